The van der Waals surface area contributed by atoms with Gasteiger partial charge in [0.2, 0.25) is 5.91 Å². The molecule has 3 aromatic rings. The minimum atomic E-state index is -0.719. The molecule has 2 heterocycles. The van der Waals surface area contributed by atoms with Crippen LogP contribution in [0.15, 0.2) is 59.4 Å². The molecule has 0 aliphatic carbocycles. The second-order valence-corrected chi connectivity index (χ2v) is 7.52. The maximum atomic E-state index is 12.6. The molecule has 1 aliphatic rings. The third-order valence-electron chi connectivity index (χ3n) is 5.37. The maximum absolute atomic E-state index is 12.6. The van der Waals surface area contributed by atoms with E-state index in [1.807, 2.05) is 30.3 Å². The van der Waals surface area contributed by atoms with Gasteiger partial charge in [-0.2, -0.15) is 0 Å². The van der Waals surface area contributed by atoms with Crippen LogP contribution in [0, 0.1) is 5.92 Å². The predicted molar refractivity (Wildman–Crippen MR) is 112 cm³/mol. The molecular weight excluding hydrogens is 382 g/mol. The number of benzene rings is 2. The lowest BCUT2D eigenvalue weighted by molar-refractivity contribution is -0.153. The van der Waals surface area contributed by atoms with Crippen LogP contribution in [0.25, 0.3) is 10.9 Å². The number of H-pyrrole nitrogens is 1. The van der Waals surface area contributed by atoms with E-state index < -0.39 is 18.0 Å². The van der Waals surface area contributed by atoms with Crippen LogP contribution in [0.4, 0.5) is 0 Å². The molecule has 1 aromatic heterocycles. The zero-order valence-electron chi connectivity index (χ0n) is 16.7. The van der Waals surface area contributed by atoms with Gasteiger partial charge < -0.3 is 14.6 Å². The van der Waals surface area contributed by atoms with Crippen molar-refractivity contribution in [2.24, 2.45) is 5.92 Å². The van der Waals surface area contributed by atoms with Crippen LogP contribution < -0.4 is 5.56 Å². The summed E-state index contributed by atoms with van der Waals surface area (Å²) in [5.41, 5.74) is 1.42. The summed E-state index contributed by atoms with van der Waals surface area (Å²) in [5, 5.41) is 0.482. The number of carbonyl (C=O) groups excluding carboxylic acids is 2. The number of esters is 1. The van der Waals surface area contributed by atoms with Crippen molar-refractivity contribution < 1.29 is 14.3 Å². The number of ether oxygens (including phenoxy) is 1. The van der Waals surface area contributed by atoms with Crippen molar-refractivity contribution in [2.45, 2.75) is 25.9 Å². The van der Waals surface area contributed by atoms with Crippen molar-refractivity contribution in [3.05, 3.63) is 76.3 Å². The molecule has 1 saturated heterocycles. The van der Waals surface area contributed by atoms with E-state index >= 15 is 0 Å². The molecule has 1 fully saturated rings. The molecule has 7 heteroatoms. The van der Waals surface area contributed by atoms with Gasteiger partial charge in [0.05, 0.1) is 16.8 Å². The molecule has 1 amide bonds. The van der Waals surface area contributed by atoms with E-state index in [4.69, 9.17) is 4.74 Å². The Bertz CT molecular complexity index is 1130. The Kier molecular flexibility index (Phi) is 5.61. The second-order valence-electron chi connectivity index (χ2n) is 7.52. The highest BCUT2D eigenvalue weighted by molar-refractivity contribution is 5.87. The standard InChI is InChI=1S/C23H23N3O4/c1-15(21-24-19-10-6-5-9-18(19)22(28)25-21)30-23(29)17-13-20(27)26(14-17)12-11-16-7-3-2-4-8-16/h2-10,15,17H,11-14H2,1H3,(H,24,25,28)/t15-,17-/m0/s1. The molecule has 0 bridgehead atoms. The van der Waals surface area contributed by atoms with Gasteiger partial charge in [-0.25, -0.2) is 4.98 Å². The predicted octanol–water partition coefficient (Wildman–Crippen LogP) is 2.62. The van der Waals surface area contributed by atoms with Crippen molar-refractivity contribution in [3.63, 3.8) is 0 Å². The number of carbonyl (C=O) groups is 2. The first-order valence-corrected chi connectivity index (χ1v) is 10.0. The number of hydrogen-bond acceptors (Lipinski definition) is 5. The summed E-state index contributed by atoms with van der Waals surface area (Å²) in [6.45, 7) is 2.58. The fraction of sp³-hybridized carbons (Fsp3) is 0.304. The molecule has 7 nitrogen and oxygen atoms in total. The van der Waals surface area contributed by atoms with Gasteiger partial charge in [-0.15, -0.1) is 0 Å². The number of para-hydroxylation sites is 1. The number of amides is 1. The second kappa shape index (κ2) is 8.49. The van der Waals surface area contributed by atoms with Crippen molar-refractivity contribution >= 4 is 22.8 Å². The molecular formula is C23H23N3O4. The largest absolute Gasteiger partial charge is 0.454 e. The topological polar surface area (TPSA) is 92.4 Å². The highest BCUT2D eigenvalue weighted by Gasteiger charge is 2.36. The van der Waals surface area contributed by atoms with Crippen LogP contribution in [0.3, 0.4) is 0 Å². The van der Waals surface area contributed by atoms with Gasteiger partial charge in [0.1, 0.15) is 0 Å². The summed E-state index contributed by atoms with van der Waals surface area (Å²) in [6.07, 6.45) is 0.165. The Morgan fingerprint density at radius 2 is 1.90 bits per heavy atom. The van der Waals surface area contributed by atoms with Gasteiger partial charge in [-0.05, 0) is 31.0 Å². The maximum Gasteiger partial charge on any atom is 0.311 e. The molecule has 154 valence electrons. The van der Waals surface area contributed by atoms with Crippen LogP contribution in [0.2, 0.25) is 0 Å². The Labute approximate surface area is 173 Å². The van der Waals surface area contributed by atoms with Gasteiger partial charge >= 0.3 is 5.97 Å². The van der Waals surface area contributed by atoms with Gasteiger partial charge in [0, 0.05) is 19.5 Å². The van der Waals surface area contributed by atoms with E-state index in [-0.39, 0.29) is 23.7 Å². The molecule has 2 atom stereocenters. The third kappa shape index (κ3) is 4.25. The summed E-state index contributed by atoms with van der Waals surface area (Å²) in [5.74, 6) is -0.716. The number of aromatic nitrogens is 2. The highest BCUT2D eigenvalue weighted by atomic mass is 16.5. The number of nitrogens with one attached hydrogen (secondary N) is 1. The number of nitrogens with zero attached hydrogens (tertiary/aromatic N) is 2. The first-order chi connectivity index (χ1) is 14.5. The summed E-state index contributed by atoms with van der Waals surface area (Å²) < 4.78 is 5.53. The highest BCUT2D eigenvalue weighted by Crippen LogP contribution is 2.23. The Morgan fingerprint density at radius 3 is 2.70 bits per heavy atom. The van der Waals surface area contributed by atoms with E-state index in [1.165, 1.54) is 0 Å². The van der Waals surface area contributed by atoms with E-state index in [1.54, 1.807) is 36.1 Å². The van der Waals surface area contributed by atoms with Crippen LogP contribution >= 0.6 is 0 Å². The Balaban J connectivity index is 1.38. The lowest BCUT2D eigenvalue weighted by atomic mass is 10.1. The van der Waals surface area contributed by atoms with E-state index in [0.717, 1.165) is 12.0 Å². The van der Waals surface area contributed by atoms with Gasteiger partial charge in [0.25, 0.3) is 5.56 Å². The van der Waals surface area contributed by atoms with Crippen molar-refractivity contribution in [2.75, 3.05) is 13.1 Å². The van der Waals surface area contributed by atoms with E-state index in [2.05, 4.69) is 9.97 Å². The van der Waals surface area contributed by atoms with E-state index in [0.29, 0.717) is 24.0 Å². The Morgan fingerprint density at radius 1 is 1.17 bits per heavy atom. The van der Waals surface area contributed by atoms with Gasteiger partial charge in [0.15, 0.2) is 11.9 Å². The molecule has 0 saturated carbocycles. The minimum absolute atomic E-state index is 0.0437. The number of likely N-dealkylation sites (tertiary alicyclic amines) is 1. The molecule has 2 aromatic carbocycles. The van der Waals surface area contributed by atoms with Crippen molar-refractivity contribution in [3.8, 4) is 0 Å². The quantitative estimate of drug-likeness (QED) is 0.637. The number of fused-ring (bicyclic) bond motifs is 1. The number of hydrogen-bond donors (Lipinski definition) is 1. The molecule has 4 rings (SSSR count). The smallest absolute Gasteiger partial charge is 0.311 e. The van der Waals surface area contributed by atoms with Crippen LogP contribution in [-0.4, -0.2) is 39.8 Å². The van der Waals surface area contributed by atoms with Crippen LogP contribution in [0.1, 0.15) is 30.8 Å². The summed E-state index contributed by atoms with van der Waals surface area (Å²) in [4.78, 5) is 46.0. The van der Waals surface area contributed by atoms with Gasteiger partial charge in [-0.1, -0.05) is 42.5 Å². The molecule has 0 spiro atoms. The normalized spacial score (nSPS) is 17.3. The van der Waals surface area contributed by atoms with Crippen LogP contribution in [-0.2, 0) is 20.7 Å². The molecule has 1 N–H and O–H groups in total. The fourth-order valence-electron chi connectivity index (χ4n) is 3.68. The summed E-state index contributed by atoms with van der Waals surface area (Å²) >= 11 is 0. The first-order valence-electron chi connectivity index (χ1n) is 10.0. The average Bonchev–Trinajstić information content (AvgIpc) is 3.13. The summed E-state index contributed by atoms with van der Waals surface area (Å²) in [6, 6.07) is 16.9. The van der Waals surface area contributed by atoms with Gasteiger partial charge in [-0.3, -0.25) is 14.4 Å². The third-order valence-corrected chi connectivity index (χ3v) is 5.37. The molecule has 1 aliphatic heterocycles. The summed E-state index contributed by atoms with van der Waals surface area (Å²) in [7, 11) is 0. The fourth-order valence-corrected chi connectivity index (χ4v) is 3.68. The molecule has 30 heavy (non-hydrogen) atoms. The molecule has 0 radical (unpaired) electrons. The Hall–Kier alpha value is -3.48. The lowest BCUT2D eigenvalue weighted by Crippen LogP contribution is -2.29. The SMILES string of the molecule is C[C@H](OC(=O)[C@H]1CC(=O)N(CCc2ccccc2)C1)c1nc2ccccc2c(=O)[nH]1. The number of rotatable bonds is 6. The lowest BCUT2D eigenvalue weighted by Gasteiger charge is -2.18. The van der Waals surface area contributed by atoms with Crippen LogP contribution in [0.5, 0.6) is 0 Å². The van der Waals surface area contributed by atoms with Crippen molar-refractivity contribution in [1.29, 1.82) is 0 Å². The molecule has 0 unspecified atom stereocenters. The monoisotopic (exact) mass is 405 g/mol. The first kappa shape index (κ1) is 19.8. The minimum Gasteiger partial charge on any atom is -0.454 e. The van der Waals surface area contributed by atoms with Crippen molar-refractivity contribution in [1.82, 2.24) is 14.9 Å². The number of aromatic amines is 1. The van der Waals surface area contributed by atoms with E-state index in [9.17, 15) is 14.4 Å². The zero-order valence-corrected chi connectivity index (χ0v) is 16.7. The zero-order chi connectivity index (χ0) is 21.1. The average molecular weight is 405 g/mol.